The van der Waals surface area contributed by atoms with Crippen LogP contribution in [0.3, 0.4) is 0 Å². The summed E-state index contributed by atoms with van der Waals surface area (Å²) in [5.74, 6) is 0.432. The Morgan fingerprint density at radius 3 is 1.28 bits per heavy atom. The van der Waals surface area contributed by atoms with Gasteiger partial charge in [-0.2, -0.15) is 42.1 Å². The van der Waals surface area contributed by atoms with Crippen molar-refractivity contribution in [1.82, 2.24) is 19.9 Å². The van der Waals surface area contributed by atoms with Gasteiger partial charge in [-0.3, -0.25) is 9.59 Å². The molecule has 6 aromatic heterocycles. The van der Waals surface area contributed by atoms with Crippen molar-refractivity contribution < 1.29 is 23.8 Å². The highest BCUT2D eigenvalue weighted by Crippen LogP contribution is 2.58. The molecule has 76 heavy (non-hydrogen) atoms. The van der Waals surface area contributed by atoms with Gasteiger partial charge < -0.3 is 14.2 Å². The van der Waals surface area contributed by atoms with Gasteiger partial charge in [0, 0.05) is 48.6 Å². The number of ether oxygens (including phenoxy) is 3. The highest BCUT2D eigenvalue weighted by Gasteiger charge is 2.40. The monoisotopic (exact) mass is 1060 g/mol. The zero-order valence-corrected chi connectivity index (χ0v) is 42.6. The number of hydrogen-bond acceptors (Lipinski definition) is 21. The number of benzene rings is 2. The summed E-state index contributed by atoms with van der Waals surface area (Å²) in [5, 5.41) is 78.8. The van der Waals surface area contributed by atoms with Crippen LogP contribution in [-0.2, 0) is 5.60 Å². The average Bonchev–Trinajstić information content (AvgIpc) is 4.32. The lowest BCUT2D eigenvalue weighted by Crippen LogP contribution is -2.27. The smallest absolute Gasteiger partial charge is 0.214 e. The maximum Gasteiger partial charge on any atom is 0.214 e. The van der Waals surface area contributed by atoms with Crippen molar-refractivity contribution in [2.75, 3.05) is 14.2 Å². The Kier molecular flexibility index (Phi) is 11.3. The largest absolute Gasteiger partial charge is 0.495 e. The van der Waals surface area contributed by atoms with Crippen LogP contribution in [0.15, 0.2) is 70.8 Å². The second-order valence-electron chi connectivity index (χ2n) is 17.1. The normalized spacial score (nSPS) is 14.5. The van der Waals surface area contributed by atoms with Crippen LogP contribution in [0.25, 0.3) is 74.6 Å². The summed E-state index contributed by atoms with van der Waals surface area (Å²) >= 11 is 5.61. The number of fused-ring (bicyclic) bond motifs is 7. The van der Waals surface area contributed by atoms with Gasteiger partial charge in [0.2, 0.25) is 11.6 Å². The predicted molar refractivity (Wildman–Crippen MR) is 280 cm³/mol. The zero-order valence-electron chi connectivity index (χ0n) is 39.3. The lowest BCUT2D eigenvalue weighted by Gasteiger charge is -2.31. The minimum atomic E-state index is -0.808. The Bertz CT molecular complexity index is 4570. The molecule has 0 unspecified atom stereocenters. The van der Waals surface area contributed by atoms with E-state index in [0.717, 1.165) is 29.9 Å². The lowest BCUT2D eigenvalue weighted by molar-refractivity contribution is 0.103. The van der Waals surface area contributed by atoms with Gasteiger partial charge in [-0.25, -0.2) is 19.9 Å². The summed E-state index contributed by atoms with van der Waals surface area (Å²) in [4.78, 5) is 52.5. The molecule has 2 aliphatic carbocycles. The molecule has 0 radical (unpaired) electrons. The second kappa shape index (κ2) is 17.9. The molecule has 0 N–H and O–H groups in total. The van der Waals surface area contributed by atoms with E-state index in [-0.39, 0.29) is 101 Å². The molecule has 0 saturated carbocycles. The summed E-state index contributed by atoms with van der Waals surface area (Å²) in [5.41, 5.74) is 0.189. The average molecular weight is 1060 g/mol. The topological polar surface area (TPSA) is 304 Å². The molecule has 17 nitrogen and oxygen atoms in total. The molecule has 1 aliphatic heterocycles. The third-order valence-corrected chi connectivity index (χ3v) is 17.4. The van der Waals surface area contributed by atoms with Crippen molar-refractivity contribution in [3.05, 3.63) is 131 Å². The highest BCUT2D eigenvalue weighted by molar-refractivity contribution is 7.29. The Morgan fingerprint density at radius 2 is 0.895 bits per heavy atom. The van der Waals surface area contributed by atoms with Gasteiger partial charge in [0.1, 0.15) is 105 Å². The molecule has 7 heterocycles. The van der Waals surface area contributed by atoms with Crippen LogP contribution in [0.4, 0.5) is 0 Å². The number of carbonyl (C=O) groups is 2. The number of hydrogen-bond donors (Lipinski definition) is 0. The van der Waals surface area contributed by atoms with Gasteiger partial charge in [0.25, 0.3) is 0 Å². The van der Waals surface area contributed by atoms with Gasteiger partial charge in [0.15, 0.2) is 0 Å². The molecular formula is C55H22N12O5S4. The van der Waals surface area contributed by atoms with Crippen molar-refractivity contribution in [2.45, 2.75) is 19.4 Å². The fourth-order valence-corrected chi connectivity index (χ4v) is 14.0. The van der Waals surface area contributed by atoms with E-state index < -0.39 is 17.2 Å². The molecule has 0 saturated heterocycles. The van der Waals surface area contributed by atoms with Crippen molar-refractivity contribution in [3.63, 3.8) is 0 Å². The first-order valence-electron chi connectivity index (χ1n) is 22.0. The number of ketones is 2. The lowest BCUT2D eigenvalue weighted by atomic mass is 9.95. The first-order chi connectivity index (χ1) is 36.7. The molecule has 0 bridgehead atoms. The molecule has 0 spiro atoms. The number of methoxy groups -OCH3 is 2. The number of nitrogens with zero attached hydrogens (tertiary/aromatic N) is 12. The summed E-state index contributed by atoms with van der Waals surface area (Å²) in [7, 11) is 3.05. The predicted octanol–water partition coefficient (Wildman–Crippen LogP) is 11.1. The zero-order chi connectivity index (χ0) is 53.5. The van der Waals surface area contributed by atoms with E-state index in [1.807, 2.05) is 74.5 Å². The van der Waals surface area contributed by atoms with Gasteiger partial charge in [-0.15, -0.1) is 45.3 Å². The van der Waals surface area contributed by atoms with E-state index >= 15 is 0 Å². The van der Waals surface area contributed by atoms with Crippen LogP contribution in [0.2, 0.25) is 0 Å². The maximum atomic E-state index is 14.2. The molecule has 0 atom stereocenters. The van der Waals surface area contributed by atoms with Crippen LogP contribution < -0.4 is 14.2 Å². The number of allylic oxidation sites excluding steroid dienone is 6. The van der Waals surface area contributed by atoms with Crippen LogP contribution in [0.1, 0.15) is 83.8 Å². The second-order valence-corrected chi connectivity index (χ2v) is 21.4. The third-order valence-electron chi connectivity index (χ3n) is 12.5. The molecule has 21 heteroatoms. The van der Waals surface area contributed by atoms with Crippen molar-refractivity contribution in [3.8, 4) is 95.1 Å². The standard InChI is InChI=1S/C55H22N12O5S4/c1-55(2)33-13-41(52-38(70-3)11-29(73-52)9-31-43(27(19-60)20-61)45-47(49(31)68)66-36-7-25(17-58)23(15-56)5-34(36)64-45)75-51(33)54-40(72-55)14-42(76-54)53-39(71-4)12-30(74-53)10-32-44(28(21-62)22-63)46-48(50(32)69)67-37-8-26(18-59)24(16-57)6-35(37)65-46/h5-14H,1-4H3/b31-9-,32-10-. The van der Waals surface area contributed by atoms with E-state index in [1.54, 1.807) is 24.3 Å². The molecule has 3 aliphatic rings. The fraction of sp³-hybridized carbons (Fsp3) is 0.0909. The Labute approximate surface area is 445 Å². The number of rotatable bonds is 6. The number of Topliss-reactive ketones (excluding diaryl/α,β-unsaturated/α-hetero) is 2. The third kappa shape index (κ3) is 7.30. The van der Waals surface area contributed by atoms with Crippen molar-refractivity contribution >= 4 is 102 Å². The maximum absolute atomic E-state index is 14.2. The van der Waals surface area contributed by atoms with Gasteiger partial charge >= 0.3 is 0 Å². The first kappa shape index (κ1) is 47.8. The molecule has 0 fully saturated rings. The van der Waals surface area contributed by atoms with E-state index in [1.165, 1.54) is 83.8 Å². The Balaban J connectivity index is 0.964. The summed E-state index contributed by atoms with van der Waals surface area (Å²) in [6.07, 6.45) is 3.13. The van der Waals surface area contributed by atoms with E-state index in [0.29, 0.717) is 31.9 Å². The van der Waals surface area contributed by atoms with E-state index in [2.05, 4.69) is 19.9 Å². The van der Waals surface area contributed by atoms with Gasteiger partial charge in [-0.1, -0.05) is 0 Å². The molecule has 356 valence electrons. The van der Waals surface area contributed by atoms with Crippen LogP contribution in [0.5, 0.6) is 17.2 Å². The number of thiophene rings is 4. The summed E-state index contributed by atoms with van der Waals surface area (Å²) < 4.78 is 18.5. The first-order valence-corrected chi connectivity index (χ1v) is 25.3. The SMILES string of the molecule is COc1cc(/C=C2\C(=O)c3nc4cc(C#N)c(C#N)cc4nc3C2=C(C#N)C#N)sc1-c1cc2c(s1)-c1sc(-c3sc(/C=C4\C(=O)c5nc6cc(C#N)c(C#N)cc6nc5C4=C(C#N)C#N)cc3OC)cc1C(C)(C)O2. The minimum absolute atomic E-state index is 0.00297. The van der Waals surface area contributed by atoms with Crippen molar-refractivity contribution in [1.29, 1.82) is 42.1 Å². The van der Waals surface area contributed by atoms with Crippen LogP contribution in [-0.4, -0.2) is 45.7 Å². The van der Waals surface area contributed by atoms with Crippen LogP contribution >= 0.6 is 45.3 Å². The number of carbonyl (C=O) groups excluding carboxylic acids is 2. The highest BCUT2D eigenvalue weighted by atomic mass is 32.1. The van der Waals surface area contributed by atoms with Gasteiger partial charge in [-0.05, 0) is 68.5 Å². The van der Waals surface area contributed by atoms with E-state index in [9.17, 15) is 51.7 Å². The molecule has 2 aromatic carbocycles. The Hall–Kier alpha value is -10.5. The Morgan fingerprint density at radius 1 is 0.513 bits per heavy atom. The number of nitriles is 8. The minimum Gasteiger partial charge on any atom is -0.495 e. The summed E-state index contributed by atoms with van der Waals surface area (Å²) in [6, 6.07) is 28.3. The number of aromatic nitrogens is 4. The summed E-state index contributed by atoms with van der Waals surface area (Å²) in [6.45, 7) is 3.92. The molecule has 8 aromatic rings. The fourth-order valence-electron chi connectivity index (χ4n) is 9.06. The van der Waals surface area contributed by atoms with Crippen LogP contribution in [0, 0.1) is 90.6 Å². The van der Waals surface area contributed by atoms with Crippen molar-refractivity contribution in [2.24, 2.45) is 0 Å². The molecule has 0 amide bonds. The van der Waals surface area contributed by atoms with Gasteiger partial charge in [0.05, 0.1) is 82.9 Å². The quantitative estimate of drug-likeness (QED) is 0.110. The van der Waals surface area contributed by atoms with E-state index in [4.69, 9.17) is 14.2 Å². The molecule has 11 rings (SSSR count). The molecular weight excluding hydrogens is 1040 g/mol.